The molecule has 0 radical (unpaired) electrons. The van der Waals surface area contributed by atoms with E-state index in [0.717, 1.165) is 18.5 Å². The van der Waals surface area contributed by atoms with E-state index in [1.54, 1.807) is 24.1 Å². The minimum Gasteiger partial charge on any atom is -0.435 e. The molecule has 2 unspecified atom stereocenters. The molecule has 1 fully saturated rings. The topological polar surface area (TPSA) is 41.6 Å². The van der Waals surface area contributed by atoms with E-state index in [1.807, 2.05) is 13.0 Å². The molecule has 2 rings (SSSR count). The van der Waals surface area contributed by atoms with Crippen LogP contribution in [0, 0.1) is 0 Å². The first-order chi connectivity index (χ1) is 9.47. The summed E-state index contributed by atoms with van der Waals surface area (Å²) in [6, 6.07) is 6.20. The highest BCUT2D eigenvalue weighted by molar-refractivity contribution is 5.83. The molecule has 1 N–H and O–H groups in total. The van der Waals surface area contributed by atoms with E-state index in [2.05, 4.69) is 10.1 Å². The summed E-state index contributed by atoms with van der Waals surface area (Å²) in [5, 5.41) is 3.22. The number of ether oxygens (including phenoxy) is 1. The molecule has 110 valence electrons. The summed E-state index contributed by atoms with van der Waals surface area (Å²) in [6.45, 7) is -0.205. The number of rotatable bonds is 5. The van der Waals surface area contributed by atoms with Crippen LogP contribution in [0.15, 0.2) is 24.3 Å². The van der Waals surface area contributed by atoms with Crippen molar-refractivity contribution in [2.24, 2.45) is 0 Å². The molecular weight excluding hydrogens is 266 g/mol. The zero-order chi connectivity index (χ0) is 14.7. The van der Waals surface area contributed by atoms with Gasteiger partial charge in [0.1, 0.15) is 5.75 Å². The molecule has 1 amide bonds. The first-order valence-corrected chi connectivity index (χ1v) is 6.53. The third-order valence-electron chi connectivity index (χ3n) is 3.46. The molecule has 6 heteroatoms. The van der Waals surface area contributed by atoms with E-state index < -0.39 is 6.61 Å². The van der Waals surface area contributed by atoms with Gasteiger partial charge in [-0.2, -0.15) is 8.78 Å². The molecule has 2 atom stereocenters. The van der Waals surface area contributed by atoms with Gasteiger partial charge in [0, 0.05) is 19.6 Å². The number of benzene rings is 1. The number of amides is 1. The molecule has 4 nitrogen and oxygen atoms in total. The zero-order valence-corrected chi connectivity index (χ0v) is 11.5. The largest absolute Gasteiger partial charge is 0.435 e. The second-order valence-electron chi connectivity index (χ2n) is 4.94. The maximum absolute atomic E-state index is 12.2. The van der Waals surface area contributed by atoms with Crippen LogP contribution in [0.3, 0.4) is 0 Å². The number of carbonyl (C=O) groups is 1. The summed E-state index contributed by atoms with van der Waals surface area (Å²) in [5.41, 5.74) is 0.811. The summed E-state index contributed by atoms with van der Waals surface area (Å²) in [7, 11) is 1.77. The summed E-state index contributed by atoms with van der Waals surface area (Å²) >= 11 is 0. The third-order valence-corrected chi connectivity index (χ3v) is 3.46. The van der Waals surface area contributed by atoms with Crippen LogP contribution in [-0.2, 0) is 4.79 Å². The standard InChI is InChI=1S/C14H18F2N2O2/c1-9(17-12-6-7-18(2)13(12)19)10-4-3-5-11(8-10)20-14(15)16/h3-5,8-9,12,14,17H,6-7H2,1-2H3. The number of likely N-dealkylation sites (N-methyl/N-ethyl adjacent to an activating group) is 1. The average molecular weight is 284 g/mol. The van der Waals surface area contributed by atoms with Gasteiger partial charge in [-0.1, -0.05) is 12.1 Å². The molecular formula is C14H18F2N2O2. The van der Waals surface area contributed by atoms with Crippen molar-refractivity contribution in [3.8, 4) is 5.75 Å². The highest BCUT2D eigenvalue weighted by atomic mass is 19.3. The predicted molar refractivity (Wildman–Crippen MR) is 70.7 cm³/mol. The van der Waals surface area contributed by atoms with Crippen molar-refractivity contribution in [2.75, 3.05) is 13.6 Å². The Hall–Kier alpha value is -1.69. The molecule has 20 heavy (non-hydrogen) atoms. The number of likely N-dealkylation sites (tertiary alicyclic amines) is 1. The third kappa shape index (κ3) is 3.45. The van der Waals surface area contributed by atoms with E-state index in [-0.39, 0.29) is 23.7 Å². The van der Waals surface area contributed by atoms with Gasteiger partial charge in [0.25, 0.3) is 0 Å². The highest BCUT2D eigenvalue weighted by Gasteiger charge is 2.29. The molecule has 1 aliphatic heterocycles. The lowest BCUT2D eigenvalue weighted by molar-refractivity contribution is -0.128. The molecule has 0 aliphatic carbocycles. The number of alkyl halides is 2. The molecule has 1 aromatic rings. The number of hydrogen-bond acceptors (Lipinski definition) is 3. The molecule has 0 bridgehead atoms. The Labute approximate surface area is 116 Å². The van der Waals surface area contributed by atoms with E-state index in [4.69, 9.17) is 0 Å². The minimum absolute atomic E-state index is 0.0665. The van der Waals surface area contributed by atoms with Gasteiger partial charge in [0.15, 0.2) is 0 Å². The van der Waals surface area contributed by atoms with Crippen molar-refractivity contribution in [3.63, 3.8) is 0 Å². The monoisotopic (exact) mass is 284 g/mol. The van der Waals surface area contributed by atoms with Crippen LogP contribution in [-0.4, -0.2) is 37.1 Å². The van der Waals surface area contributed by atoms with Gasteiger partial charge < -0.3 is 9.64 Å². The second-order valence-corrected chi connectivity index (χ2v) is 4.94. The number of halogens is 2. The normalized spacial score (nSPS) is 20.6. The van der Waals surface area contributed by atoms with Crippen LogP contribution in [0.25, 0.3) is 0 Å². The van der Waals surface area contributed by atoms with Gasteiger partial charge >= 0.3 is 6.61 Å². The summed E-state index contributed by atoms with van der Waals surface area (Å²) < 4.78 is 28.8. The molecule has 0 aromatic heterocycles. The second kappa shape index (κ2) is 6.17. The van der Waals surface area contributed by atoms with Gasteiger partial charge in [-0.15, -0.1) is 0 Å². The smallest absolute Gasteiger partial charge is 0.387 e. The number of nitrogens with zero attached hydrogens (tertiary/aromatic N) is 1. The van der Waals surface area contributed by atoms with Crippen molar-refractivity contribution in [3.05, 3.63) is 29.8 Å². The first kappa shape index (κ1) is 14.7. The number of carbonyl (C=O) groups excluding carboxylic acids is 1. The van der Waals surface area contributed by atoms with E-state index in [0.29, 0.717) is 0 Å². The Morgan fingerprint density at radius 1 is 1.45 bits per heavy atom. The lowest BCUT2D eigenvalue weighted by atomic mass is 10.1. The highest BCUT2D eigenvalue weighted by Crippen LogP contribution is 2.22. The number of nitrogens with one attached hydrogen (secondary N) is 1. The van der Waals surface area contributed by atoms with Crippen LogP contribution >= 0.6 is 0 Å². The predicted octanol–water partition coefficient (Wildman–Crippen LogP) is 2.17. The fraction of sp³-hybridized carbons (Fsp3) is 0.500. The van der Waals surface area contributed by atoms with Crippen molar-refractivity contribution in [1.82, 2.24) is 10.2 Å². The summed E-state index contributed by atoms with van der Waals surface area (Å²) in [4.78, 5) is 13.5. The summed E-state index contributed by atoms with van der Waals surface area (Å²) in [6.07, 6.45) is 0.757. The Morgan fingerprint density at radius 3 is 2.80 bits per heavy atom. The van der Waals surface area contributed by atoms with Crippen LogP contribution in [0.5, 0.6) is 5.75 Å². The van der Waals surface area contributed by atoms with Crippen LogP contribution in [0.2, 0.25) is 0 Å². The maximum atomic E-state index is 12.2. The quantitative estimate of drug-likeness (QED) is 0.901. The van der Waals surface area contributed by atoms with E-state index in [1.165, 1.54) is 6.07 Å². The molecule has 0 spiro atoms. The van der Waals surface area contributed by atoms with Gasteiger partial charge in [0.2, 0.25) is 5.91 Å². The van der Waals surface area contributed by atoms with Gasteiger partial charge in [-0.3, -0.25) is 10.1 Å². The molecule has 0 saturated carbocycles. The average Bonchev–Trinajstić information content (AvgIpc) is 2.70. The lowest BCUT2D eigenvalue weighted by Gasteiger charge is -2.19. The van der Waals surface area contributed by atoms with Crippen LogP contribution < -0.4 is 10.1 Å². The Balaban J connectivity index is 2.02. The van der Waals surface area contributed by atoms with Crippen LogP contribution in [0.4, 0.5) is 8.78 Å². The molecule has 1 saturated heterocycles. The fourth-order valence-electron chi connectivity index (χ4n) is 2.34. The van der Waals surface area contributed by atoms with Gasteiger partial charge in [-0.05, 0) is 31.0 Å². The number of hydrogen-bond donors (Lipinski definition) is 1. The Morgan fingerprint density at radius 2 is 2.20 bits per heavy atom. The van der Waals surface area contributed by atoms with Gasteiger partial charge in [-0.25, -0.2) is 0 Å². The van der Waals surface area contributed by atoms with E-state index >= 15 is 0 Å². The fourth-order valence-corrected chi connectivity index (χ4v) is 2.34. The molecule has 1 aliphatic rings. The molecule has 1 aromatic carbocycles. The SMILES string of the molecule is CC(NC1CCN(C)C1=O)c1cccc(OC(F)F)c1. The lowest BCUT2D eigenvalue weighted by Crippen LogP contribution is -2.38. The van der Waals surface area contributed by atoms with Crippen molar-refractivity contribution >= 4 is 5.91 Å². The zero-order valence-electron chi connectivity index (χ0n) is 11.5. The van der Waals surface area contributed by atoms with Crippen molar-refractivity contribution < 1.29 is 18.3 Å². The first-order valence-electron chi connectivity index (χ1n) is 6.53. The maximum Gasteiger partial charge on any atom is 0.387 e. The Bertz CT molecular complexity index is 482. The van der Waals surface area contributed by atoms with Crippen LogP contribution in [0.1, 0.15) is 24.9 Å². The minimum atomic E-state index is -2.83. The Kier molecular flexibility index (Phi) is 4.54. The van der Waals surface area contributed by atoms with E-state index in [9.17, 15) is 13.6 Å². The van der Waals surface area contributed by atoms with Crippen molar-refractivity contribution in [1.29, 1.82) is 0 Å². The van der Waals surface area contributed by atoms with Crippen molar-refractivity contribution in [2.45, 2.75) is 32.0 Å². The van der Waals surface area contributed by atoms with Gasteiger partial charge in [0.05, 0.1) is 6.04 Å². The molecule has 1 heterocycles. The summed E-state index contributed by atoms with van der Waals surface area (Å²) in [5.74, 6) is 0.192.